The number of rotatable bonds is 5. The molecule has 0 aliphatic heterocycles. The van der Waals surface area contributed by atoms with Crippen LogP contribution in [0, 0.1) is 6.92 Å². The van der Waals surface area contributed by atoms with Crippen molar-refractivity contribution in [2.75, 3.05) is 5.32 Å². The van der Waals surface area contributed by atoms with Crippen LogP contribution >= 0.6 is 22.9 Å². The van der Waals surface area contributed by atoms with Gasteiger partial charge in [0.15, 0.2) is 5.82 Å². The van der Waals surface area contributed by atoms with Crippen molar-refractivity contribution in [3.05, 3.63) is 101 Å². The highest BCUT2D eigenvalue weighted by Gasteiger charge is 2.16. The molecule has 5 rings (SSSR count). The molecular weight excluding hydrogens is 454 g/mol. The lowest BCUT2D eigenvalue weighted by Crippen LogP contribution is -2.13. The quantitative estimate of drug-likeness (QED) is 0.328. The first-order valence-electron chi connectivity index (χ1n) is 10.2. The van der Waals surface area contributed by atoms with E-state index in [2.05, 4.69) is 15.4 Å². The average Bonchev–Trinajstić information content (AvgIpc) is 3.47. The number of halogens is 1. The Morgan fingerprint density at radius 2 is 1.91 bits per heavy atom. The zero-order valence-electron chi connectivity index (χ0n) is 17.6. The molecule has 0 aliphatic carbocycles. The van der Waals surface area contributed by atoms with Crippen molar-refractivity contribution in [2.24, 2.45) is 0 Å². The molecule has 2 aromatic carbocycles. The van der Waals surface area contributed by atoms with Gasteiger partial charge in [0, 0.05) is 28.4 Å². The van der Waals surface area contributed by atoms with Gasteiger partial charge in [-0.25, -0.2) is 14.6 Å². The molecule has 0 radical (unpaired) electrons. The Bertz CT molecular complexity index is 1440. The molecule has 3 aromatic heterocycles. The predicted octanol–water partition coefficient (Wildman–Crippen LogP) is 6.27. The van der Waals surface area contributed by atoms with E-state index in [1.54, 1.807) is 17.1 Å². The van der Waals surface area contributed by atoms with Crippen molar-refractivity contribution in [2.45, 2.75) is 6.92 Å². The summed E-state index contributed by atoms with van der Waals surface area (Å²) < 4.78 is 1.65. The third-order valence-electron chi connectivity index (χ3n) is 5.15. The molecule has 33 heavy (non-hydrogen) atoms. The van der Waals surface area contributed by atoms with E-state index in [-0.39, 0.29) is 5.91 Å². The van der Waals surface area contributed by atoms with Crippen LogP contribution in [-0.2, 0) is 0 Å². The Kier molecular flexibility index (Phi) is 5.73. The molecule has 6 nitrogen and oxygen atoms in total. The van der Waals surface area contributed by atoms with Crippen molar-refractivity contribution in [1.82, 2.24) is 19.7 Å². The zero-order chi connectivity index (χ0) is 22.8. The number of nitrogens with zero attached hydrogens (tertiary/aromatic N) is 4. The van der Waals surface area contributed by atoms with E-state index in [0.29, 0.717) is 27.8 Å². The molecule has 8 heteroatoms. The highest BCUT2D eigenvalue weighted by molar-refractivity contribution is 7.13. The number of carbonyl (C=O) groups excluding carboxylic acids is 1. The minimum Gasteiger partial charge on any atom is -0.322 e. The molecule has 0 bridgehead atoms. The Labute approximate surface area is 199 Å². The smallest absolute Gasteiger partial charge is 0.259 e. The van der Waals surface area contributed by atoms with E-state index < -0.39 is 0 Å². The van der Waals surface area contributed by atoms with Gasteiger partial charge in [0.05, 0.1) is 28.2 Å². The Morgan fingerprint density at radius 3 is 2.73 bits per heavy atom. The van der Waals surface area contributed by atoms with Crippen LogP contribution in [-0.4, -0.2) is 25.7 Å². The van der Waals surface area contributed by atoms with Crippen LogP contribution in [0.2, 0.25) is 5.02 Å². The number of anilines is 1. The molecule has 5 aromatic rings. The van der Waals surface area contributed by atoms with Crippen LogP contribution in [0.1, 0.15) is 16.1 Å². The largest absolute Gasteiger partial charge is 0.322 e. The van der Waals surface area contributed by atoms with E-state index in [0.717, 1.165) is 21.8 Å². The summed E-state index contributed by atoms with van der Waals surface area (Å²) in [6.45, 7) is 1.85. The van der Waals surface area contributed by atoms with E-state index in [9.17, 15) is 4.79 Å². The first-order chi connectivity index (χ1) is 16.1. The Morgan fingerprint density at radius 1 is 1.06 bits per heavy atom. The first-order valence-corrected chi connectivity index (χ1v) is 11.4. The molecule has 0 unspecified atom stereocenters. The Hall–Kier alpha value is -3.81. The van der Waals surface area contributed by atoms with Crippen molar-refractivity contribution in [3.63, 3.8) is 0 Å². The van der Waals surface area contributed by atoms with Crippen LogP contribution in [0.3, 0.4) is 0 Å². The van der Waals surface area contributed by atoms with Gasteiger partial charge in [-0.15, -0.1) is 11.3 Å². The average molecular weight is 472 g/mol. The maximum absolute atomic E-state index is 12.9. The number of carbonyl (C=O) groups is 1. The summed E-state index contributed by atoms with van der Waals surface area (Å²) in [6.07, 6.45) is 3.25. The van der Waals surface area contributed by atoms with Crippen molar-refractivity contribution in [1.29, 1.82) is 0 Å². The van der Waals surface area contributed by atoms with E-state index in [1.807, 2.05) is 79.0 Å². The first kappa shape index (κ1) is 21.1. The number of nitrogens with one attached hydrogen (secondary N) is 1. The highest BCUT2D eigenvalue weighted by Crippen LogP contribution is 2.33. The fraction of sp³-hybridized carbons (Fsp3) is 0.0400. The van der Waals surface area contributed by atoms with E-state index >= 15 is 0 Å². The second kappa shape index (κ2) is 8.97. The topological polar surface area (TPSA) is 72.7 Å². The van der Waals surface area contributed by atoms with Crippen LogP contribution in [0.4, 0.5) is 5.69 Å². The van der Waals surface area contributed by atoms with Crippen molar-refractivity contribution in [3.8, 4) is 27.6 Å². The molecule has 162 valence electrons. The number of amides is 1. The van der Waals surface area contributed by atoms with Gasteiger partial charge in [0.2, 0.25) is 0 Å². The molecule has 0 atom stereocenters. The second-order valence-electron chi connectivity index (χ2n) is 7.30. The number of thiazole rings is 1. The number of hydrogen-bond acceptors (Lipinski definition) is 5. The van der Waals surface area contributed by atoms with Crippen LogP contribution in [0.25, 0.3) is 27.6 Å². The number of aromatic nitrogens is 4. The van der Waals surface area contributed by atoms with Gasteiger partial charge < -0.3 is 5.32 Å². The molecule has 1 N–H and O–H groups in total. The molecule has 0 spiro atoms. The number of pyridine rings is 1. The lowest BCUT2D eigenvalue weighted by molar-refractivity contribution is 0.102. The summed E-state index contributed by atoms with van der Waals surface area (Å²) >= 11 is 7.85. The van der Waals surface area contributed by atoms with E-state index in [4.69, 9.17) is 16.6 Å². The SMILES string of the molecule is Cc1c(C(=O)Nc2cccc(-c3csc(-c4ccccc4Cl)n3)c2)cnn1-c1ccccn1. The van der Waals surface area contributed by atoms with Crippen LogP contribution < -0.4 is 5.32 Å². The molecule has 1 amide bonds. The van der Waals surface area contributed by atoms with Gasteiger partial charge in [-0.2, -0.15) is 5.10 Å². The van der Waals surface area contributed by atoms with Gasteiger partial charge in [0.25, 0.3) is 5.91 Å². The van der Waals surface area contributed by atoms with Crippen LogP contribution in [0.5, 0.6) is 0 Å². The summed E-state index contributed by atoms with van der Waals surface area (Å²) in [5.74, 6) is 0.427. The molecule has 3 heterocycles. The fourth-order valence-corrected chi connectivity index (χ4v) is 4.61. The third kappa shape index (κ3) is 4.28. The number of hydrogen-bond donors (Lipinski definition) is 1. The van der Waals surface area contributed by atoms with Gasteiger partial charge >= 0.3 is 0 Å². The summed E-state index contributed by atoms with van der Waals surface area (Å²) in [7, 11) is 0. The lowest BCUT2D eigenvalue weighted by Gasteiger charge is -2.07. The highest BCUT2D eigenvalue weighted by atomic mass is 35.5. The minimum atomic E-state index is -0.234. The molecule has 0 saturated carbocycles. The second-order valence-corrected chi connectivity index (χ2v) is 8.56. The summed E-state index contributed by atoms with van der Waals surface area (Å²) in [5.41, 5.74) is 4.51. The van der Waals surface area contributed by atoms with Gasteiger partial charge in [-0.1, -0.05) is 48.0 Å². The molecule has 0 aliphatic rings. The molecular formula is C25H18ClN5OS. The predicted molar refractivity (Wildman–Crippen MR) is 132 cm³/mol. The maximum atomic E-state index is 12.9. The van der Waals surface area contributed by atoms with E-state index in [1.165, 1.54) is 11.3 Å². The fourth-order valence-electron chi connectivity index (χ4n) is 3.46. The normalized spacial score (nSPS) is 10.8. The summed E-state index contributed by atoms with van der Waals surface area (Å²) in [4.78, 5) is 22.0. The van der Waals surface area contributed by atoms with Crippen molar-refractivity contribution < 1.29 is 4.79 Å². The maximum Gasteiger partial charge on any atom is 0.259 e. The standard InChI is InChI=1S/C25H18ClN5OS/c1-16-20(14-28-31(16)23-11-4-5-12-27-23)24(32)29-18-8-6-7-17(13-18)22-15-33-25(30-22)19-9-2-3-10-21(19)26/h2-15H,1H3,(H,29,32). The Balaban J connectivity index is 1.37. The minimum absolute atomic E-state index is 0.234. The zero-order valence-corrected chi connectivity index (χ0v) is 19.1. The number of benzene rings is 2. The summed E-state index contributed by atoms with van der Waals surface area (Å²) in [6, 6.07) is 20.8. The molecule has 0 saturated heterocycles. The lowest BCUT2D eigenvalue weighted by atomic mass is 10.1. The van der Waals surface area contributed by atoms with Gasteiger partial charge in [-0.3, -0.25) is 4.79 Å². The van der Waals surface area contributed by atoms with Gasteiger partial charge in [0.1, 0.15) is 5.01 Å². The van der Waals surface area contributed by atoms with Gasteiger partial charge in [-0.05, 0) is 37.3 Å². The third-order valence-corrected chi connectivity index (χ3v) is 6.35. The van der Waals surface area contributed by atoms with Crippen LogP contribution in [0.15, 0.2) is 84.5 Å². The monoisotopic (exact) mass is 471 g/mol. The molecule has 0 fully saturated rings. The summed E-state index contributed by atoms with van der Waals surface area (Å²) in [5, 5.41) is 10.8. The van der Waals surface area contributed by atoms with Crippen molar-refractivity contribution >= 4 is 34.5 Å².